The third-order valence-electron chi connectivity index (χ3n) is 5.69. The van der Waals surface area contributed by atoms with Crippen molar-refractivity contribution < 1.29 is 14.6 Å². The predicted octanol–water partition coefficient (Wildman–Crippen LogP) is 1.01. The van der Waals surface area contributed by atoms with Crippen molar-refractivity contribution in [1.29, 1.82) is 0 Å². The molecular weight excluding hydrogens is 368 g/mol. The first-order valence-corrected chi connectivity index (χ1v) is 10.8. The molecule has 6 heteroatoms. The number of quaternary nitrogens is 2. The van der Waals surface area contributed by atoms with Crippen molar-refractivity contribution in [2.75, 3.05) is 38.5 Å². The zero-order valence-electron chi connectivity index (χ0n) is 16.7. The van der Waals surface area contributed by atoms with Crippen LogP contribution in [0.2, 0.25) is 0 Å². The van der Waals surface area contributed by atoms with Gasteiger partial charge in [-0.25, -0.2) is 4.98 Å². The SMILES string of the molecule is Cc1ccc2nc(-c3ccc(NC(=O)[C@@H](C)[NH+]4CC[NH+](C)CC4)cc3)sc2c1. The minimum atomic E-state index is -0.0275. The van der Waals surface area contributed by atoms with Crippen LogP contribution in [0.3, 0.4) is 0 Å². The first kappa shape index (κ1) is 19.1. The number of aryl methyl sites for hydroxylation is 1. The molecule has 146 valence electrons. The maximum atomic E-state index is 12.6. The van der Waals surface area contributed by atoms with Crippen molar-refractivity contribution in [3.05, 3.63) is 48.0 Å². The molecule has 0 aliphatic carbocycles. The highest BCUT2D eigenvalue weighted by Crippen LogP contribution is 2.31. The molecule has 3 aromatic rings. The molecule has 1 fully saturated rings. The quantitative estimate of drug-likeness (QED) is 0.617. The van der Waals surface area contributed by atoms with Crippen LogP contribution in [0, 0.1) is 6.92 Å². The predicted molar refractivity (Wildman–Crippen MR) is 115 cm³/mol. The summed E-state index contributed by atoms with van der Waals surface area (Å²) in [5.41, 5.74) is 4.21. The minimum Gasteiger partial charge on any atom is -0.328 e. The van der Waals surface area contributed by atoms with E-state index < -0.39 is 0 Å². The van der Waals surface area contributed by atoms with Crippen molar-refractivity contribution in [2.24, 2.45) is 0 Å². The van der Waals surface area contributed by atoms with Gasteiger partial charge in [0.2, 0.25) is 0 Å². The Morgan fingerprint density at radius 1 is 1.11 bits per heavy atom. The number of aromatic nitrogens is 1. The van der Waals surface area contributed by atoms with E-state index in [1.54, 1.807) is 16.2 Å². The van der Waals surface area contributed by atoms with Crippen molar-refractivity contribution >= 4 is 33.1 Å². The van der Waals surface area contributed by atoms with E-state index in [2.05, 4.69) is 37.5 Å². The van der Waals surface area contributed by atoms with Gasteiger partial charge in [-0.3, -0.25) is 4.79 Å². The van der Waals surface area contributed by atoms with E-state index in [1.807, 2.05) is 31.2 Å². The Hall–Kier alpha value is -2.28. The lowest BCUT2D eigenvalue weighted by molar-refractivity contribution is -1.01. The number of amides is 1. The largest absolute Gasteiger partial charge is 0.328 e. The number of likely N-dealkylation sites (N-methyl/N-ethyl adjacent to an activating group) is 1. The van der Waals surface area contributed by atoms with E-state index in [4.69, 9.17) is 4.98 Å². The molecule has 2 aromatic carbocycles. The minimum absolute atomic E-state index is 0.0275. The summed E-state index contributed by atoms with van der Waals surface area (Å²) in [6.07, 6.45) is 0. The number of hydrogen-bond donors (Lipinski definition) is 3. The summed E-state index contributed by atoms with van der Waals surface area (Å²) in [6, 6.07) is 14.3. The van der Waals surface area contributed by atoms with Crippen LogP contribution >= 0.6 is 11.3 Å². The Labute approximate surface area is 170 Å². The number of fused-ring (bicyclic) bond motifs is 1. The van der Waals surface area contributed by atoms with Crippen molar-refractivity contribution in [3.8, 4) is 10.6 Å². The third kappa shape index (κ3) is 4.09. The summed E-state index contributed by atoms with van der Waals surface area (Å²) >= 11 is 1.70. The highest BCUT2D eigenvalue weighted by molar-refractivity contribution is 7.21. The molecule has 5 nitrogen and oxygen atoms in total. The summed E-state index contributed by atoms with van der Waals surface area (Å²) in [6.45, 7) is 8.49. The monoisotopic (exact) mass is 396 g/mol. The Kier molecular flexibility index (Phi) is 5.44. The van der Waals surface area contributed by atoms with Crippen molar-refractivity contribution in [3.63, 3.8) is 0 Å². The first-order valence-electron chi connectivity index (χ1n) is 9.94. The number of anilines is 1. The van der Waals surface area contributed by atoms with E-state index in [-0.39, 0.29) is 11.9 Å². The topological polar surface area (TPSA) is 50.9 Å². The van der Waals surface area contributed by atoms with Gasteiger partial charge in [0.1, 0.15) is 31.2 Å². The van der Waals surface area contributed by atoms with Gasteiger partial charge in [0.25, 0.3) is 5.91 Å². The number of nitrogens with zero attached hydrogens (tertiary/aromatic N) is 1. The normalized spacial score (nSPS) is 20.8. The molecule has 1 amide bonds. The van der Waals surface area contributed by atoms with Crippen LogP contribution in [0.1, 0.15) is 12.5 Å². The summed E-state index contributed by atoms with van der Waals surface area (Å²) in [7, 11) is 2.22. The maximum absolute atomic E-state index is 12.6. The molecule has 0 radical (unpaired) electrons. The number of carbonyl (C=O) groups is 1. The molecule has 3 N–H and O–H groups in total. The van der Waals surface area contributed by atoms with E-state index in [0.717, 1.165) is 48.0 Å². The molecule has 2 heterocycles. The lowest BCUT2D eigenvalue weighted by Crippen LogP contribution is -3.29. The van der Waals surface area contributed by atoms with E-state index in [1.165, 1.54) is 15.2 Å². The second-order valence-corrected chi connectivity index (χ2v) is 8.92. The number of rotatable bonds is 4. The smallest absolute Gasteiger partial charge is 0.282 e. The van der Waals surface area contributed by atoms with E-state index in [0.29, 0.717) is 0 Å². The fourth-order valence-electron chi connectivity index (χ4n) is 3.72. The Morgan fingerprint density at radius 3 is 2.54 bits per heavy atom. The number of piperazine rings is 1. The molecule has 1 atom stereocenters. The van der Waals surface area contributed by atoms with Gasteiger partial charge in [-0.1, -0.05) is 6.07 Å². The van der Waals surface area contributed by atoms with Gasteiger partial charge in [-0.15, -0.1) is 11.3 Å². The van der Waals surface area contributed by atoms with Gasteiger partial charge in [-0.05, 0) is 55.8 Å². The second kappa shape index (κ2) is 7.99. The van der Waals surface area contributed by atoms with Gasteiger partial charge < -0.3 is 15.1 Å². The average Bonchev–Trinajstić information content (AvgIpc) is 3.11. The Bertz CT molecular complexity index is 974. The zero-order chi connectivity index (χ0) is 19.7. The fourth-order valence-corrected chi connectivity index (χ4v) is 4.79. The van der Waals surface area contributed by atoms with Gasteiger partial charge in [-0.2, -0.15) is 0 Å². The standard InChI is InChI=1S/C22H26N4OS/c1-15-4-9-19-20(14-15)28-22(24-19)17-5-7-18(8-6-17)23-21(27)16(2)26-12-10-25(3)11-13-26/h4-9,14,16H,10-13H2,1-3H3,(H,23,27)/p+2/t16-/m1/s1. The first-order chi connectivity index (χ1) is 13.5. The number of nitrogens with one attached hydrogen (secondary N) is 3. The second-order valence-electron chi connectivity index (χ2n) is 7.89. The summed E-state index contributed by atoms with van der Waals surface area (Å²) in [5, 5.41) is 4.09. The average molecular weight is 397 g/mol. The van der Waals surface area contributed by atoms with Crippen molar-refractivity contribution in [2.45, 2.75) is 19.9 Å². The number of carbonyl (C=O) groups excluding carboxylic acids is 1. The van der Waals surface area contributed by atoms with Crippen LogP contribution in [0.15, 0.2) is 42.5 Å². The fraction of sp³-hybridized carbons (Fsp3) is 0.364. The van der Waals surface area contributed by atoms with Crippen LogP contribution in [-0.4, -0.2) is 50.2 Å². The summed E-state index contributed by atoms with van der Waals surface area (Å²) in [4.78, 5) is 20.3. The lowest BCUT2D eigenvalue weighted by atomic mass is 10.2. The molecule has 0 unspecified atom stereocenters. The van der Waals surface area contributed by atoms with Crippen LogP contribution in [0.25, 0.3) is 20.8 Å². The van der Waals surface area contributed by atoms with E-state index in [9.17, 15) is 4.79 Å². The lowest BCUT2D eigenvalue weighted by Gasteiger charge is -2.30. The molecule has 0 saturated carbocycles. The van der Waals surface area contributed by atoms with Gasteiger partial charge in [0.15, 0.2) is 6.04 Å². The third-order valence-corrected chi connectivity index (χ3v) is 6.76. The number of benzene rings is 2. The molecule has 0 bridgehead atoms. The summed E-state index contributed by atoms with van der Waals surface area (Å²) in [5.74, 6) is 0.0952. The number of hydrogen-bond acceptors (Lipinski definition) is 3. The van der Waals surface area contributed by atoms with E-state index >= 15 is 0 Å². The Balaban J connectivity index is 1.43. The maximum Gasteiger partial charge on any atom is 0.282 e. The van der Waals surface area contributed by atoms with Gasteiger partial charge in [0, 0.05) is 11.3 Å². The van der Waals surface area contributed by atoms with Crippen LogP contribution in [0.4, 0.5) is 5.69 Å². The Morgan fingerprint density at radius 2 is 1.82 bits per heavy atom. The molecule has 28 heavy (non-hydrogen) atoms. The van der Waals surface area contributed by atoms with Crippen LogP contribution < -0.4 is 15.1 Å². The van der Waals surface area contributed by atoms with Crippen LogP contribution in [-0.2, 0) is 4.79 Å². The summed E-state index contributed by atoms with van der Waals surface area (Å²) < 4.78 is 1.21. The molecule has 1 aromatic heterocycles. The molecular formula is C22H28N4OS+2. The molecule has 1 aliphatic heterocycles. The molecule has 0 spiro atoms. The highest BCUT2D eigenvalue weighted by Gasteiger charge is 2.29. The zero-order valence-corrected chi connectivity index (χ0v) is 17.5. The molecule has 1 saturated heterocycles. The highest BCUT2D eigenvalue weighted by atomic mass is 32.1. The van der Waals surface area contributed by atoms with Gasteiger partial charge >= 0.3 is 0 Å². The van der Waals surface area contributed by atoms with Crippen LogP contribution in [0.5, 0.6) is 0 Å². The van der Waals surface area contributed by atoms with Crippen molar-refractivity contribution in [1.82, 2.24) is 4.98 Å². The molecule has 1 aliphatic rings. The van der Waals surface area contributed by atoms with Gasteiger partial charge in [0.05, 0.1) is 17.3 Å². The number of thiazole rings is 1. The molecule has 4 rings (SSSR count).